The smallest absolute Gasteiger partial charge is 0.284 e. The van der Waals surface area contributed by atoms with Crippen molar-refractivity contribution in [2.75, 3.05) is 0 Å². The quantitative estimate of drug-likeness (QED) is 0.704. The van der Waals surface area contributed by atoms with Crippen molar-refractivity contribution < 1.29 is 4.65 Å². The van der Waals surface area contributed by atoms with Gasteiger partial charge in [-0.3, -0.25) is 0 Å². The normalized spacial score (nSPS) is 11.3. The molecule has 0 aliphatic rings. The Morgan fingerprint density at radius 3 is 1.50 bits per heavy atom. The second kappa shape index (κ2) is 4.54. The third kappa shape index (κ3) is 1.89. The van der Waals surface area contributed by atoms with Crippen molar-refractivity contribution in [2.24, 2.45) is 0 Å². The van der Waals surface area contributed by atoms with Crippen molar-refractivity contribution in [3.05, 3.63) is 71.8 Å². The van der Waals surface area contributed by atoms with Gasteiger partial charge in [-0.1, -0.05) is 60.7 Å². The largest absolute Gasteiger partial charge is 0.435 e. The van der Waals surface area contributed by atoms with Crippen molar-refractivity contribution in [3.8, 4) is 0 Å². The van der Waals surface area contributed by atoms with E-state index in [9.17, 15) is 0 Å². The molecule has 0 unspecified atom stereocenters. The van der Waals surface area contributed by atoms with Crippen LogP contribution in [0.15, 0.2) is 60.7 Å². The summed E-state index contributed by atoms with van der Waals surface area (Å²) in [6.07, 6.45) is 0. The van der Waals surface area contributed by atoms with Crippen molar-refractivity contribution >= 4 is 8.05 Å². The van der Waals surface area contributed by atoms with Gasteiger partial charge in [0.2, 0.25) is 0 Å². The molecule has 0 atom stereocenters. The van der Waals surface area contributed by atoms with Gasteiger partial charge in [0.25, 0.3) is 8.05 Å². The standard InChI is InChI=1S/C14H13BO/c1-14(16-15,12-8-4-2-5-9-12)13-10-6-3-7-11-13/h2-11H,1H3. The summed E-state index contributed by atoms with van der Waals surface area (Å²) in [6, 6.07) is 19.9. The molecule has 0 aliphatic carbocycles. The first-order valence-corrected chi connectivity index (χ1v) is 5.26. The Morgan fingerprint density at radius 1 is 0.812 bits per heavy atom. The Morgan fingerprint density at radius 2 is 1.19 bits per heavy atom. The van der Waals surface area contributed by atoms with Crippen LogP contribution in [-0.4, -0.2) is 8.05 Å². The highest BCUT2D eigenvalue weighted by Gasteiger charge is 2.26. The van der Waals surface area contributed by atoms with Gasteiger partial charge in [0.05, 0.1) is 5.60 Å². The summed E-state index contributed by atoms with van der Waals surface area (Å²) in [5.74, 6) is 0. The molecule has 0 saturated carbocycles. The molecule has 0 N–H and O–H groups in total. The van der Waals surface area contributed by atoms with Crippen LogP contribution in [0.2, 0.25) is 0 Å². The van der Waals surface area contributed by atoms with E-state index in [2.05, 4.69) is 0 Å². The molecule has 78 valence electrons. The van der Waals surface area contributed by atoms with Gasteiger partial charge >= 0.3 is 0 Å². The lowest BCUT2D eigenvalue weighted by Crippen LogP contribution is -2.26. The zero-order chi connectivity index (χ0) is 11.4. The molecule has 2 aromatic carbocycles. The Labute approximate surface area is 97.5 Å². The van der Waals surface area contributed by atoms with Crippen LogP contribution in [-0.2, 0) is 10.3 Å². The average molecular weight is 208 g/mol. The molecule has 2 radical (unpaired) electrons. The highest BCUT2D eigenvalue weighted by Crippen LogP contribution is 2.31. The van der Waals surface area contributed by atoms with Gasteiger partial charge in [0.15, 0.2) is 0 Å². The Hall–Kier alpha value is -1.54. The first-order chi connectivity index (χ1) is 7.77. The van der Waals surface area contributed by atoms with Crippen LogP contribution < -0.4 is 0 Å². The monoisotopic (exact) mass is 208 g/mol. The Bertz CT molecular complexity index is 399. The molecular formula is C14H13BO. The molecule has 0 aliphatic heterocycles. The van der Waals surface area contributed by atoms with Crippen LogP contribution in [0, 0.1) is 0 Å². The topological polar surface area (TPSA) is 9.23 Å². The Balaban J connectivity index is 2.49. The van der Waals surface area contributed by atoms with Crippen molar-refractivity contribution in [1.82, 2.24) is 0 Å². The van der Waals surface area contributed by atoms with Crippen LogP contribution >= 0.6 is 0 Å². The third-order valence-corrected chi connectivity index (χ3v) is 2.89. The highest BCUT2D eigenvalue weighted by atomic mass is 16.4. The lowest BCUT2D eigenvalue weighted by molar-refractivity contribution is 0.148. The molecule has 0 fully saturated rings. The van der Waals surface area contributed by atoms with E-state index in [4.69, 9.17) is 12.7 Å². The molecule has 1 nitrogen and oxygen atoms in total. The minimum atomic E-state index is -0.595. The van der Waals surface area contributed by atoms with Crippen molar-refractivity contribution in [2.45, 2.75) is 12.5 Å². The fourth-order valence-corrected chi connectivity index (χ4v) is 1.82. The minimum Gasteiger partial charge on any atom is -0.435 e. The lowest BCUT2D eigenvalue weighted by Gasteiger charge is -2.30. The van der Waals surface area contributed by atoms with E-state index in [1.165, 1.54) is 0 Å². The minimum absolute atomic E-state index is 0.595. The molecule has 0 aromatic heterocycles. The summed E-state index contributed by atoms with van der Waals surface area (Å²) >= 11 is 0. The van der Waals surface area contributed by atoms with Crippen molar-refractivity contribution in [1.29, 1.82) is 0 Å². The number of hydrogen-bond acceptors (Lipinski definition) is 1. The summed E-state index contributed by atoms with van der Waals surface area (Å²) in [4.78, 5) is 0. The predicted octanol–water partition coefficient (Wildman–Crippen LogP) is 3.05. The van der Waals surface area contributed by atoms with Gasteiger partial charge in [-0.05, 0) is 18.1 Å². The zero-order valence-corrected chi connectivity index (χ0v) is 9.26. The first kappa shape index (κ1) is 11.0. The Kier molecular flexibility index (Phi) is 3.11. The lowest BCUT2D eigenvalue weighted by atomic mass is 9.87. The zero-order valence-electron chi connectivity index (χ0n) is 9.26. The third-order valence-electron chi connectivity index (χ3n) is 2.89. The number of hydrogen-bond donors (Lipinski definition) is 0. The fourth-order valence-electron chi connectivity index (χ4n) is 1.82. The summed E-state index contributed by atoms with van der Waals surface area (Å²) < 4.78 is 5.21. The highest BCUT2D eigenvalue weighted by molar-refractivity contribution is 5.98. The average Bonchev–Trinajstić information content (AvgIpc) is 2.40. The van der Waals surface area contributed by atoms with Crippen LogP contribution in [0.1, 0.15) is 18.1 Å². The van der Waals surface area contributed by atoms with Crippen molar-refractivity contribution in [3.63, 3.8) is 0 Å². The van der Waals surface area contributed by atoms with Gasteiger partial charge < -0.3 is 4.65 Å². The molecule has 0 amide bonds. The maximum Gasteiger partial charge on any atom is 0.284 e. The van der Waals surface area contributed by atoms with Gasteiger partial charge in [0.1, 0.15) is 0 Å². The van der Waals surface area contributed by atoms with Crippen LogP contribution in [0.4, 0.5) is 0 Å². The van der Waals surface area contributed by atoms with E-state index in [0.717, 1.165) is 11.1 Å². The summed E-state index contributed by atoms with van der Waals surface area (Å²) in [5.41, 5.74) is 1.50. The van der Waals surface area contributed by atoms with Gasteiger partial charge in [-0.15, -0.1) is 0 Å². The molecule has 0 saturated heterocycles. The van der Waals surface area contributed by atoms with Crippen LogP contribution in [0.3, 0.4) is 0 Å². The van der Waals surface area contributed by atoms with Gasteiger partial charge in [0, 0.05) is 0 Å². The van der Waals surface area contributed by atoms with Crippen LogP contribution in [0.5, 0.6) is 0 Å². The summed E-state index contributed by atoms with van der Waals surface area (Å²) in [5, 5.41) is 0. The maximum absolute atomic E-state index is 5.47. The van der Waals surface area contributed by atoms with E-state index in [1.54, 1.807) is 0 Å². The second-order valence-corrected chi connectivity index (χ2v) is 3.88. The summed E-state index contributed by atoms with van der Waals surface area (Å²) in [6.45, 7) is 1.97. The fraction of sp³-hybridized carbons (Fsp3) is 0.143. The maximum atomic E-state index is 5.47. The molecule has 2 heteroatoms. The van der Waals surface area contributed by atoms with Crippen LogP contribution in [0.25, 0.3) is 0 Å². The molecule has 2 rings (SSSR count). The van der Waals surface area contributed by atoms with Gasteiger partial charge in [-0.2, -0.15) is 0 Å². The van der Waals surface area contributed by atoms with E-state index in [1.807, 2.05) is 67.6 Å². The first-order valence-electron chi connectivity index (χ1n) is 5.26. The predicted molar refractivity (Wildman–Crippen MR) is 66.2 cm³/mol. The number of rotatable bonds is 3. The molecule has 0 heterocycles. The second-order valence-electron chi connectivity index (χ2n) is 3.88. The molecule has 0 bridgehead atoms. The SMILES string of the molecule is [B]OC(C)(c1ccccc1)c1ccccc1. The summed E-state index contributed by atoms with van der Waals surface area (Å²) in [7, 11) is 5.47. The van der Waals surface area contributed by atoms with Gasteiger partial charge in [-0.25, -0.2) is 0 Å². The van der Waals surface area contributed by atoms with E-state index in [-0.39, 0.29) is 0 Å². The molecular weight excluding hydrogens is 195 g/mol. The van der Waals surface area contributed by atoms with E-state index in [0.29, 0.717) is 0 Å². The molecule has 16 heavy (non-hydrogen) atoms. The van der Waals surface area contributed by atoms with E-state index >= 15 is 0 Å². The number of benzene rings is 2. The molecule has 2 aromatic rings. The molecule has 0 spiro atoms. The van der Waals surface area contributed by atoms with E-state index < -0.39 is 5.60 Å².